The molecule has 3 rings (SSSR count). The number of fused-ring (bicyclic) bond motifs is 1. The third-order valence-electron chi connectivity index (χ3n) is 4.71. The van der Waals surface area contributed by atoms with Crippen molar-refractivity contribution in [2.45, 2.75) is 44.8 Å². The van der Waals surface area contributed by atoms with Crippen LogP contribution in [0.15, 0.2) is 36.8 Å². The van der Waals surface area contributed by atoms with Gasteiger partial charge in [-0.1, -0.05) is 6.92 Å². The van der Waals surface area contributed by atoms with E-state index in [1.165, 1.54) is 6.20 Å². The lowest BCUT2D eigenvalue weighted by Crippen LogP contribution is -2.43. The second-order valence-corrected chi connectivity index (χ2v) is 6.72. The number of carbonyl (C=O) groups excluding carboxylic acids is 1. The number of Topliss-reactive ketones (excluding diaryl/α,β-unsaturated/α-hetero) is 1. The number of aromatic nitrogens is 4. The molecule has 9 heteroatoms. The first-order chi connectivity index (χ1) is 13.2. The van der Waals surface area contributed by atoms with Crippen LogP contribution in [0.3, 0.4) is 0 Å². The van der Waals surface area contributed by atoms with Gasteiger partial charge in [0.05, 0.1) is 12.0 Å². The Morgan fingerprint density at radius 2 is 2.00 bits per heavy atom. The molecule has 0 spiro atoms. The van der Waals surface area contributed by atoms with Crippen LogP contribution < -0.4 is 5.32 Å². The lowest BCUT2D eigenvalue weighted by Gasteiger charge is -2.29. The minimum Gasteiger partial charge on any atom is -0.358 e. The van der Waals surface area contributed by atoms with Crippen molar-refractivity contribution < 1.29 is 18.0 Å². The molecule has 3 aromatic rings. The summed E-state index contributed by atoms with van der Waals surface area (Å²) in [7, 11) is 0. The van der Waals surface area contributed by atoms with Crippen LogP contribution in [0.5, 0.6) is 0 Å². The molecule has 3 heterocycles. The highest BCUT2D eigenvalue weighted by molar-refractivity contribution is 5.92. The fourth-order valence-corrected chi connectivity index (χ4v) is 2.87. The number of nitrogens with one attached hydrogen (secondary N) is 2. The van der Waals surface area contributed by atoms with E-state index >= 15 is 0 Å². The summed E-state index contributed by atoms with van der Waals surface area (Å²) in [6.07, 6.45) is -0.815. The zero-order valence-electron chi connectivity index (χ0n) is 15.5. The minimum atomic E-state index is -4.37. The van der Waals surface area contributed by atoms with E-state index in [1.54, 1.807) is 38.4 Å². The Balaban J connectivity index is 1.84. The lowest BCUT2D eigenvalue weighted by molar-refractivity contribution is -0.144. The lowest BCUT2D eigenvalue weighted by atomic mass is 9.90. The van der Waals surface area contributed by atoms with Gasteiger partial charge in [-0.05, 0) is 31.5 Å². The molecule has 148 valence electrons. The number of hydrogen-bond acceptors (Lipinski definition) is 5. The van der Waals surface area contributed by atoms with Crippen molar-refractivity contribution >= 4 is 22.6 Å². The van der Waals surface area contributed by atoms with E-state index in [4.69, 9.17) is 0 Å². The first-order valence-corrected chi connectivity index (χ1v) is 8.85. The summed E-state index contributed by atoms with van der Waals surface area (Å²) in [6, 6.07) is 5.27. The third kappa shape index (κ3) is 4.29. The van der Waals surface area contributed by atoms with Crippen LogP contribution >= 0.6 is 0 Å². The number of hydrogen-bond donors (Lipinski definition) is 2. The standard InChI is InChI=1S/C19H20F3N5O/c1-3-18(2,14(28)6-8-19(20,21)22)27-15-7-10-24-17(26-15)13-11-25-16-12(13)5-4-9-23-16/h4-5,7,9-11H,3,6,8H2,1-2H3,(H,23,25)(H,24,26,27)/t18-/m1/s1. The highest BCUT2D eigenvalue weighted by Crippen LogP contribution is 2.28. The van der Waals surface area contributed by atoms with Crippen LogP contribution in [0.25, 0.3) is 22.4 Å². The van der Waals surface area contributed by atoms with Crippen LogP contribution in [-0.4, -0.2) is 37.4 Å². The molecule has 0 bridgehead atoms. The Bertz CT molecular complexity index is 985. The van der Waals surface area contributed by atoms with Gasteiger partial charge in [-0.25, -0.2) is 15.0 Å². The topological polar surface area (TPSA) is 83.6 Å². The zero-order chi connectivity index (χ0) is 20.4. The fraction of sp³-hybridized carbons (Fsp3) is 0.368. The van der Waals surface area contributed by atoms with Crippen LogP contribution in [-0.2, 0) is 4.79 Å². The predicted octanol–water partition coefficient (Wildman–Crippen LogP) is 4.51. The van der Waals surface area contributed by atoms with Gasteiger partial charge in [-0.3, -0.25) is 4.79 Å². The maximum atomic E-state index is 12.5. The van der Waals surface area contributed by atoms with Crippen molar-refractivity contribution in [1.29, 1.82) is 0 Å². The molecular weight excluding hydrogens is 371 g/mol. The summed E-state index contributed by atoms with van der Waals surface area (Å²) < 4.78 is 37.4. The summed E-state index contributed by atoms with van der Waals surface area (Å²) in [4.78, 5) is 28.4. The summed E-state index contributed by atoms with van der Waals surface area (Å²) in [5, 5.41) is 3.84. The number of ketones is 1. The van der Waals surface area contributed by atoms with Crippen molar-refractivity contribution in [1.82, 2.24) is 19.9 Å². The number of carbonyl (C=O) groups is 1. The van der Waals surface area contributed by atoms with Gasteiger partial charge in [0.25, 0.3) is 0 Å². The number of alkyl halides is 3. The van der Waals surface area contributed by atoms with E-state index in [0.29, 0.717) is 23.7 Å². The summed E-state index contributed by atoms with van der Waals surface area (Å²) in [5.74, 6) is 0.280. The summed E-state index contributed by atoms with van der Waals surface area (Å²) in [5.41, 5.74) is 0.284. The van der Waals surface area contributed by atoms with Gasteiger partial charge in [0.1, 0.15) is 11.5 Å². The van der Waals surface area contributed by atoms with Crippen LogP contribution in [0.1, 0.15) is 33.1 Å². The molecule has 0 radical (unpaired) electrons. The quantitative estimate of drug-likeness (QED) is 0.619. The van der Waals surface area contributed by atoms with Crippen LogP contribution in [0, 0.1) is 0 Å². The summed E-state index contributed by atoms with van der Waals surface area (Å²) in [6.45, 7) is 3.33. The molecule has 0 amide bonds. The van der Waals surface area contributed by atoms with Gasteiger partial charge in [0, 0.05) is 36.0 Å². The normalized spacial score (nSPS) is 14.0. The summed E-state index contributed by atoms with van der Waals surface area (Å²) >= 11 is 0. The molecule has 2 N–H and O–H groups in total. The molecular formula is C19H20F3N5O. The predicted molar refractivity (Wildman–Crippen MR) is 99.7 cm³/mol. The van der Waals surface area contributed by atoms with Gasteiger partial charge in [-0.15, -0.1) is 0 Å². The Morgan fingerprint density at radius 1 is 1.21 bits per heavy atom. The third-order valence-corrected chi connectivity index (χ3v) is 4.71. The zero-order valence-corrected chi connectivity index (χ0v) is 15.5. The number of aromatic amines is 1. The number of rotatable bonds is 7. The number of halogens is 3. The van der Waals surface area contributed by atoms with Gasteiger partial charge >= 0.3 is 6.18 Å². The first-order valence-electron chi connectivity index (χ1n) is 8.85. The SMILES string of the molecule is CC[C@@](C)(Nc1ccnc(-c2c[nH]c3ncccc23)n1)C(=O)CCC(F)(F)F. The Kier molecular flexibility index (Phi) is 5.35. The fourth-order valence-electron chi connectivity index (χ4n) is 2.87. The molecule has 0 saturated heterocycles. The molecule has 3 aromatic heterocycles. The van der Waals surface area contributed by atoms with Gasteiger partial charge in [0.2, 0.25) is 0 Å². The van der Waals surface area contributed by atoms with E-state index < -0.39 is 30.3 Å². The van der Waals surface area contributed by atoms with Crippen molar-refractivity contribution in [3.05, 3.63) is 36.8 Å². The second-order valence-electron chi connectivity index (χ2n) is 6.72. The average Bonchev–Trinajstić information content (AvgIpc) is 3.09. The second kappa shape index (κ2) is 7.57. The molecule has 6 nitrogen and oxygen atoms in total. The van der Waals surface area contributed by atoms with Crippen molar-refractivity contribution in [2.24, 2.45) is 0 Å². The smallest absolute Gasteiger partial charge is 0.358 e. The monoisotopic (exact) mass is 391 g/mol. The molecule has 0 saturated carbocycles. The molecule has 1 atom stereocenters. The number of pyridine rings is 1. The number of anilines is 1. The average molecular weight is 391 g/mol. The van der Waals surface area contributed by atoms with E-state index in [0.717, 1.165) is 10.9 Å². The molecule has 0 aromatic carbocycles. The highest BCUT2D eigenvalue weighted by atomic mass is 19.4. The highest BCUT2D eigenvalue weighted by Gasteiger charge is 2.35. The van der Waals surface area contributed by atoms with Gasteiger partial charge in [-0.2, -0.15) is 13.2 Å². The van der Waals surface area contributed by atoms with E-state index in [1.807, 2.05) is 6.07 Å². The Morgan fingerprint density at radius 3 is 2.71 bits per heavy atom. The largest absolute Gasteiger partial charge is 0.389 e. The van der Waals surface area contributed by atoms with Crippen molar-refractivity contribution in [3.8, 4) is 11.4 Å². The first kappa shape index (κ1) is 19.8. The number of nitrogens with zero attached hydrogens (tertiary/aromatic N) is 3. The molecule has 28 heavy (non-hydrogen) atoms. The van der Waals surface area contributed by atoms with Crippen LogP contribution in [0.2, 0.25) is 0 Å². The maximum absolute atomic E-state index is 12.5. The Labute approximate surface area is 159 Å². The van der Waals surface area contributed by atoms with Gasteiger partial charge < -0.3 is 10.3 Å². The number of H-pyrrole nitrogens is 1. The molecule has 0 fully saturated rings. The molecule has 0 aliphatic carbocycles. The molecule has 0 unspecified atom stereocenters. The van der Waals surface area contributed by atoms with E-state index in [-0.39, 0.29) is 0 Å². The molecule has 0 aliphatic rings. The van der Waals surface area contributed by atoms with E-state index in [2.05, 4.69) is 25.3 Å². The molecule has 0 aliphatic heterocycles. The van der Waals surface area contributed by atoms with Crippen molar-refractivity contribution in [2.75, 3.05) is 5.32 Å². The minimum absolute atomic E-state index is 0.319. The van der Waals surface area contributed by atoms with Gasteiger partial charge in [0.15, 0.2) is 11.6 Å². The van der Waals surface area contributed by atoms with Crippen LogP contribution in [0.4, 0.5) is 19.0 Å². The maximum Gasteiger partial charge on any atom is 0.389 e. The Hall–Kier alpha value is -2.97. The van der Waals surface area contributed by atoms with E-state index in [9.17, 15) is 18.0 Å². The van der Waals surface area contributed by atoms with Crippen molar-refractivity contribution in [3.63, 3.8) is 0 Å².